The third kappa shape index (κ3) is 29.2. The van der Waals surface area contributed by atoms with Crippen molar-refractivity contribution in [3.05, 3.63) is 36.4 Å². The molecule has 0 aliphatic rings. The molecule has 94 valence electrons. The zero-order valence-electron chi connectivity index (χ0n) is 11.1. The van der Waals surface area contributed by atoms with E-state index >= 15 is 0 Å². The van der Waals surface area contributed by atoms with E-state index in [0.29, 0.717) is 0 Å². The summed E-state index contributed by atoms with van der Waals surface area (Å²) in [6.07, 6.45) is 3.73. The first-order valence-corrected chi connectivity index (χ1v) is 6.35. The van der Waals surface area contributed by atoms with Crippen molar-refractivity contribution in [2.45, 2.75) is 26.2 Å². The van der Waals surface area contributed by atoms with Crippen LogP contribution in [-0.2, 0) is 0 Å². The molecule has 0 heterocycles. The molecule has 0 saturated heterocycles. The molecule has 0 atom stereocenters. The van der Waals surface area contributed by atoms with E-state index < -0.39 is 0 Å². The maximum absolute atomic E-state index is 5.38. The van der Waals surface area contributed by atoms with Gasteiger partial charge >= 0.3 is 0 Å². The van der Waals surface area contributed by atoms with Gasteiger partial charge in [0.05, 0.1) is 0 Å². The highest BCUT2D eigenvalue weighted by Gasteiger charge is 1.76. The fourth-order valence-corrected chi connectivity index (χ4v) is 0.918. The Balaban J connectivity index is 0. The van der Waals surface area contributed by atoms with Gasteiger partial charge < -0.3 is 4.90 Å². The van der Waals surface area contributed by atoms with Gasteiger partial charge in [0.1, 0.15) is 0 Å². The number of alkyl halides is 1. The highest BCUT2D eigenvalue weighted by atomic mass is 35.5. The summed E-state index contributed by atoms with van der Waals surface area (Å²) in [7, 11) is 6.00. The third-order valence-corrected chi connectivity index (χ3v) is 1.67. The van der Waals surface area contributed by atoms with Crippen molar-refractivity contribution < 1.29 is 0 Å². The Morgan fingerprint density at radius 3 is 1.25 bits per heavy atom. The summed E-state index contributed by atoms with van der Waals surface area (Å²) in [5.74, 6) is 0.827. The van der Waals surface area contributed by atoms with E-state index in [0.717, 1.165) is 5.88 Å². The molecule has 0 unspecified atom stereocenters. The van der Waals surface area contributed by atoms with Crippen LogP contribution in [0.4, 0.5) is 0 Å². The second-order valence-electron chi connectivity index (χ2n) is 3.89. The fraction of sp³-hybridized carbons (Fsp3) is 0.571. The summed E-state index contributed by atoms with van der Waals surface area (Å²) in [5.41, 5.74) is 0. The minimum absolute atomic E-state index is 0.827. The summed E-state index contributed by atoms with van der Waals surface area (Å²) in [6.45, 7) is 2.17. The molecule has 0 aromatic heterocycles. The van der Waals surface area contributed by atoms with Crippen LogP contribution in [0.3, 0.4) is 0 Å². The van der Waals surface area contributed by atoms with E-state index in [4.69, 9.17) is 11.6 Å². The van der Waals surface area contributed by atoms with Crippen LogP contribution in [0.15, 0.2) is 36.4 Å². The topological polar surface area (TPSA) is 3.24 Å². The number of benzene rings is 1. The molecular weight excluding hydrogens is 218 g/mol. The summed E-state index contributed by atoms with van der Waals surface area (Å²) in [6, 6.07) is 12.0. The normalized spacial score (nSPS) is 8.62. The largest absolute Gasteiger partial charge is 0.312 e. The van der Waals surface area contributed by atoms with Gasteiger partial charge in [-0.1, -0.05) is 56.2 Å². The maximum atomic E-state index is 5.38. The SMILES string of the molecule is CCCCCCl.CN(C)C.c1ccccc1. The number of rotatable bonds is 3. The number of nitrogens with zero attached hydrogens (tertiary/aromatic N) is 1. The lowest BCUT2D eigenvalue weighted by Crippen LogP contribution is -1.99. The van der Waals surface area contributed by atoms with Gasteiger partial charge in [0, 0.05) is 5.88 Å². The van der Waals surface area contributed by atoms with Crippen molar-refractivity contribution in [1.29, 1.82) is 0 Å². The number of hydrogen-bond acceptors (Lipinski definition) is 1. The quantitative estimate of drug-likeness (QED) is 0.566. The average Bonchev–Trinajstić information content (AvgIpc) is 2.29. The van der Waals surface area contributed by atoms with Crippen LogP contribution >= 0.6 is 11.6 Å². The van der Waals surface area contributed by atoms with Gasteiger partial charge in [-0.05, 0) is 27.6 Å². The van der Waals surface area contributed by atoms with Crippen LogP contribution in [0.1, 0.15) is 26.2 Å². The Labute approximate surface area is 106 Å². The molecule has 1 aromatic rings. The second kappa shape index (κ2) is 16.9. The molecule has 2 heteroatoms. The fourth-order valence-electron chi connectivity index (χ4n) is 0.729. The van der Waals surface area contributed by atoms with E-state index in [1.54, 1.807) is 0 Å². The van der Waals surface area contributed by atoms with E-state index in [-0.39, 0.29) is 0 Å². The second-order valence-corrected chi connectivity index (χ2v) is 4.27. The van der Waals surface area contributed by atoms with Crippen molar-refractivity contribution in [2.24, 2.45) is 0 Å². The lowest BCUT2D eigenvalue weighted by atomic mass is 10.3. The number of unbranched alkanes of at least 4 members (excludes halogenated alkanes) is 2. The molecule has 0 amide bonds. The van der Waals surface area contributed by atoms with E-state index in [1.165, 1.54) is 19.3 Å². The Bertz CT molecular complexity index is 154. The van der Waals surface area contributed by atoms with Gasteiger partial charge in [0.25, 0.3) is 0 Å². The van der Waals surface area contributed by atoms with Crippen molar-refractivity contribution in [3.63, 3.8) is 0 Å². The average molecular weight is 244 g/mol. The van der Waals surface area contributed by atoms with Gasteiger partial charge in [0.2, 0.25) is 0 Å². The molecule has 1 nitrogen and oxygen atoms in total. The summed E-state index contributed by atoms with van der Waals surface area (Å²) < 4.78 is 0. The lowest BCUT2D eigenvalue weighted by molar-refractivity contribution is 0.505. The van der Waals surface area contributed by atoms with Crippen molar-refractivity contribution in [1.82, 2.24) is 4.90 Å². The molecule has 0 aliphatic carbocycles. The van der Waals surface area contributed by atoms with E-state index in [1.807, 2.05) is 62.4 Å². The van der Waals surface area contributed by atoms with E-state index in [2.05, 4.69) is 6.92 Å². The highest BCUT2D eigenvalue weighted by molar-refractivity contribution is 6.17. The predicted octanol–water partition coefficient (Wildman–Crippen LogP) is 4.28. The van der Waals surface area contributed by atoms with Crippen LogP contribution in [0.5, 0.6) is 0 Å². The molecule has 0 fully saturated rings. The zero-order valence-corrected chi connectivity index (χ0v) is 11.9. The van der Waals surface area contributed by atoms with Crippen LogP contribution in [-0.4, -0.2) is 31.9 Å². The van der Waals surface area contributed by atoms with Gasteiger partial charge in [-0.3, -0.25) is 0 Å². The molecule has 0 radical (unpaired) electrons. The van der Waals surface area contributed by atoms with Gasteiger partial charge in [0.15, 0.2) is 0 Å². The molecule has 0 aliphatic heterocycles. The highest BCUT2D eigenvalue weighted by Crippen LogP contribution is 1.93. The van der Waals surface area contributed by atoms with Crippen molar-refractivity contribution in [3.8, 4) is 0 Å². The predicted molar refractivity (Wildman–Crippen MR) is 76.3 cm³/mol. The van der Waals surface area contributed by atoms with Crippen LogP contribution in [0.25, 0.3) is 0 Å². The molecular formula is C14H26ClN. The molecule has 16 heavy (non-hydrogen) atoms. The minimum atomic E-state index is 0.827. The molecule has 0 spiro atoms. The van der Waals surface area contributed by atoms with Gasteiger partial charge in [-0.25, -0.2) is 0 Å². The maximum Gasteiger partial charge on any atom is 0.0223 e. The molecule has 0 N–H and O–H groups in total. The van der Waals surface area contributed by atoms with Crippen LogP contribution in [0, 0.1) is 0 Å². The zero-order chi connectivity index (χ0) is 12.6. The standard InChI is InChI=1S/C6H6.C5H11Cl.C3H9N/c1-2-4-6-5-3-1;1-2-3-4-5-6;1-4(2)3/h1-6H;2-5H2,1H3;1-3H3. The molecule has 1 rings (SSSR count). The molecule has 0 bridgehead atoms. The monoisotopic (exact) mass is 243 g/mol. The number of halogens is 1. The summed E-state index contributed by atoms with van der Waals surface area (Å²) in [4.78, 5) is 2.00. The Hall–Kier alpha value is -0.530. The Morgan fingerprint density at radius 2 is 1.12 bits per heavy atom. The molecule has 0 saturated carbocycles. The molecule has 1 aromatic carbocycles. The third-order valence-electron chi connectivity index (χ3n) is 1.40. The van der Waals surface area contributed by atoms with Crippen LogP contribution < -0.4 is 0 Å². The van der Waals surface area contributed by atoms with Gasteiger partial charge in [-0.15, -0.1) is 11.6 Å². The number of hydrogen-bond donors (Lipinski definition) is 0. The van der Waals surface area contributed by atoms with E-state index in [9.17, 15) is 0 Å². The Morgan fingerprint density at radius 1 is 0.812 bits per heavy atom. The first kappa shape index (κ1) is 17.9. The Kier molecular flexibility index (Phi) is 18.8. The smallest absolute Gasteiger partial charge is 0.0223 e. The van der Waals surface area contributed by atoms with Crippen molar-refractivity contribution in [2.75, 3.05) is 27.0 Å². The van der Waals surface area contributed by atoms with Crippen LogP contribution in [0.2, 0.25) is 0 Å². The first-order chi connectivity index (χ1) is 7.65. The first-order valence-electron chi connectivity index (χ1n) is 5.82. The summed E-state index contributed by atoms with van der Waals surface area (Å²) >= 11 is 5.38. The van der Waals surface area contributed by atoms with Gasteiger partial charge in [-0.2, -0.15) is 0 Å². The minimum Gasteiger partial charge on any atom is -0.312 e. The van der Waals surface area contributed by atoms with Crippen molar-refractivity contribution >= 4 is 11.6 Å². The summed E-state index contributed by atoms with van der Waals surface area (Å²) in [5, 5.41) is 0. The lowest BCUT2D eigenvalue weighted by Gasteiger charge is -1.90.